The third-order valence-electron chi connectivity index (χ3n) is 5.06. The van der Waals surface area contributed by atoms with Crippen LogP contribution < -0.4 is 9.64 Å². The van der Waals surface area contributed by atoms with Gasteiger partial charge in [-0.15, -0.1) is 0 Å². The van der Waals surface area contributed by atoms with Crippen molar-refractivity contribution in [2.75, 3.05) is 18.1 Å². The van der Waals surface area contributed by atoms with Crippen molar-refractivity contribution < 1.29 is 19.1 Å². The molecule has 2 aromatic rings. The standard InChI is InChI=1S/C21H20ClNO4/c1-13(20(24)23-9-8-14-4-2-3-5-18(14)23)27-21(25)16-10-15-11-17(22)6-7-19(15)26-12-16/h2-7,11,13,16H,8-10,12H2,1H3/t13-,16-/m0/s1. The zero-order chi connectivity index (χ0) is 19.0. The molecule has 2 heterocycles. The minimum absolute atomic E-state index is 0.200. The summed E-state index contributed by atoms with van der Waals surface area (Å²) in [5, 5.41) is 0.600. The Morgan fingerprint density at radius 2 is 2.04 bits per heavy atom. The summed E-state index contributed by atoms with van der Waals surface area (Å²) >= 11 is 6.02. The zero-order valence-electron chi connectivity index (χ0n) is 15.0. The first-order valence-electron chi connectivity index (χ1n) is 9.04. The average molecular weight is 386 g/mol. The largest absolute Gasteiger partial charge is 0.492 e. The van der Waals surface area contributed by atoms with E-state index < -0.39 is 18.0 Å². The number of esters is 1. The van der Waals surface area contributed by atoms with E-state index in [-0.39, 0.29) is 12.5 Å². The number of para-hydroxylation sites is 1. The summed E-state index contributed by atoms with van der Waals surface area (Å²) in [4.78, 5) is 27.0. The first-order valence-corrected chi connectivity index (χ1v) is 9.41. The minimum Gasteiger partial charge on any atom is -0.492 e. The first kappa shape index (κ1) is 17.9. The summed E-state index contributed by atoms with van der Waals surface area (Å²) in [6, 6.07) is 13.2. The lowest BCUT2D eigenvalue weighted by atomic mass is 9.97. The van der Waals surface area contributed by atoms with Crippen molar-refractivity contribution in [3.8, 4) is 5.75 Å². The van der Waals surface area contributed by atoms with Crippen LogP contribution in [0.15, 0.2) is 42.5 Å². The number of rotatable bonds is 3. The molecule has 0 saturated heterocycles. The smallest absolute Gasteiger partial charge is 0.313 e. The van der Waals surface area contributed by atoms with E-state index in [1.807, 2.05) is 24.3 Å². The van der Waals surface area contributed by atoms with Gasteiger partial charge >= 0.3 is 5.97 Å². The van der Waals surface area contributed by atoms with Gasteiger partial charge in [-0.1, -0.05) is 29.8 Å². The van der Waals surface area contributed by atoms with Gasteiger partial charge in [0.2, 0.25) is 0 Å². The molecule has 2 aliphatic rings. The van der Waals surface area contributed by atoms with Crippen LogP contribution in [0.3, 0.4) is 0 Å². The highest BCUT2D eigenvalue weighted by molar-refractivity contribution is 6.30. The normalized spacial score (nSPS) is 18.9. The fraction of sp³-hybridized carbons (Fsp3) is 0.333. The van der Waals surface area contributed by atoms with Crippen molar-refractivity contribution in [2.45, 2.75) is 25.9 Å². The van der Waals surface area contributed by atoms with Crippen LogP contribution >= 0.6 is 11.6 Å². The lowest BCUT2D eigenvalue weighted by molar-refractivity contribution is -0.159. The van der Waals surface area contributed by atoms with Gasteiger partial charge < -0.3 is 14.4 Å². The molecule has 2 aliphatic heterocycles. The molecule has 0 saturated carbocycles. The van der Waals surface area contributed by atoms with E-state index >= 15 is 0 Å². The highest BCUT2D eigenvalue weighted by atomic mass is 35.5. The van der Waals surface area contributed by atoms with Gasteiger partial charge in [0.25, 0.3) is 5.91 Å². The van der Waals surface area contributed by atoms with Crippen LogP contribution in [-0.2, 0) is 27.2 Å². The van der Waals surface area contributed by atoms with E-state index in [2.05, 4.69) is 0 Å². The number of ether oxygens (including phenoxy) is 2. The van der Waals surface area contributed by atoms with Crippen molar-refractivity contribution in [2.24, 2.45) is 5.92 Å². The maximum absolute atomic E-state index is 12.8. The average Bonchev–Trinajstić information content (AvgIpc) is 3.10. The predicted octanol–water partition coefficient (Wildman–Crippen LogP) is 3.41. The quantitative estimate of drug-likeness (QED) is 0.760. The third kappa shape index (κ3) is 3.52. The van der Waals surface area contributed by atoms with Crippen molar-refractivity contribution in [1.29, 1.82) is 0 Å². The SMILES string of the molecule is C[C@H](OC(=O)[C@@H]1COc2ccc(Cl)cc2C1)C(=O)N1CCc2ccccc21. The van der Waals surface area contributed by atoms with Gasteiger partial charge in [-0.05, 0) is 55.2 Å². The van der Waals surface area contributed by atoms with Gasteiger partial charge in [-0.25, -0.2) is 0 Å². The van der Waals surface area contributed by atoms with E-state index in [1.54, 1.807) is 30.0 Å². The second kappa shape index (κ2) is 7.24. The number of anilines is 1. The second-order valence-electron chi connectivity index (χ2n) is 6.91. The molecule has 0 radical (unpaired) electrons. The van der Waals surface area contributed by atoms with E-state index in [1.165, 1.54) is 0 Å². The summed E-state index contributed by atoms with van der Waals surface area (Å²) in [6.45, 7) is 2.47. The molecule has 4 rings (SSSR count). The van der Waals surface area contributed by atoms with Crippen LogP contribution in [0.1, 0.15) is 18.1 Å². The van der Waals surface area contributed by atoms with E-state index in [0.717, 1.165) is 29.0 Å². The number of nitrogens with zero attached hydrogens (tertiary/aromatic N) is 1. The summed E-state index contributed by atoms with van der Waals surface area (Å²) in [5.74, 6) is -0.333. The Kier molecular flexibility index (Phi) is 4.79. The van der Waals surface area contributed by atoms with Gasteiger partial charge in [0, 0.05) is 17.3 Å². The maximum atomic E-state index is 12.8. The molecule has 2 atom stereocenters. The van der Waals surface area contributed by atoms with E-state index in [4.69, 9.17) is 21.1 Å². The number of benzene rings is 2. The fourth-order valence-corrected chi connectivity index (χ4v) is 3.82. The molecule has 6 heteroatoms. The monoisotopic (exact) mass is 385 g/mol. The van der Waals surface area contributed by atoms with Crippen LogP contribution in [-0.4, -0.2) is 31.1 Å². The number of amides is 1. The number of carbonyl (C=O) groups is 2. The van der Waals surface area contributed by atoms with Crippen LogP contribution in [0.25, 0.3) is 0 Å². The molecule has 0 aliphatic carbocycles. The Morgan fingerprint density at radius 1 is 1.22 bits per heavy atom. The fourth-order valence-electron chi connectivity index (χ4n) is 3.62. The molecule has 0 aromatic heterocycles. The Hall–Kier alpha value is -2.53. The van der Waals surface area contributed by atoms with E-state index in [9.17, 15) is 9.59 Å². The van der Waals surface area contributed by atoms with Gasteiger partial charge in [-0.2, -0.15) is 0 Å². The zero-order valence-corrected chi connectivity index (χ0v) is 15.7. The van der Waals surface area contributed by atoms with Crippen molar-refractivity contribution >= 4 is 29.2 Å². The van der Waals surface area contributed by atoms with Crippen molar-refractivity contribution in [3.63, 3.8) is 0 Å². The molecule has 0 unspecified atom stereocenters. The number of hydrogen-bond donors (Lipinski definition) is 0. The Morgan fingerprint density at radius 3 is 2.89 bits per heavy atom. The molecule has 140 valence electrons. The second-order valence-corrected chi connectivity index (χ2v) is 7.35. The number of halogens is 1. The summed E-state index contributed by atoms with van der Waals surface area (Å²) in [7, 11) is 0. The van der Waals surface area contributed by atoms with Crippen LogP contribution in [0.4, 0.5) is 5.69 Å². The van der Waals surface area contributed by atoms with Crippen LogP contribution in [0.2, 0.25) is 5.02 Å². The summed E-state index contributed by atoms with van der Waals surface area (Å²) in [5.41, 5.74) is 2.91. The summed E-state index contributed by atoms with van der Waals surface area (Å²) in [6.07, 6.45) is 0.461. The van der Waals surface area contributed by atoms with Gasteiger partial charge in [-0.3, -0.25) is 9.59 Å². The molecular formula is C21H20ClNO4. The first-order chi connectivity index (χ1) is 13.0. The molecule has 0 spiro atoms. The molecule has 5 nitrogen and oxygen atoms in total. The molecule has 27 heavy (non-hydrogen) atoms. The number of fused-ring (bicyclic) bond motifs is 2. The predicted molar refractivity (Wildman–Crippen MR) is 102 cm³/mol. The van der Waals surface area contributed by atoms with Gasteiger partial charge in [0.05, 0.1) is 5.92 Å². The number of hydrogen-bond acceptors (Lipinski definition) is 4. The maximum Gasteiger partial charge on any atom is 0.313 e. The van der Waals surface area contributed by atoms with Crippen LogP contribution in [0.5, 0.6) is 5.75 Å². The summed E-state index contributed by atoms with van der Waals surface area (Å²) < 4.78 is 11.1. The van der Waals surface area contributed by atoms with Gasteiger partial charge in [0.1, 0.15) is 12.4 Å². The lowest BCUT2D eigenvalue weighted by Gasteiger charge is -2.26. The number of carbonyl (C=O) groups excluding carboxylic acids is 2. The minimum atomic E-state index is -0.843. The molecule has 0 bridgehead atoms. The Bertz CT molecular complexity index is 898. The van der Waals surface area contributed by atoms with Crippen LogP contribution in [0, 0.1) is 5.92 Å². The molecule has 0 fully saturated rings. The molecule has 1 amide bonds. The molecule has 0 N–H and O–H groups in total. The Balaban J connectivity index is 1.40. The van der Waals surface area contributed by atoms with Crippen molar-refractivity contribution in [3.05, 3.63) is 58.6 Å². The molecular weight excluding hydrogens is 366 g/mol. The highest BCUT2D eigenvalue weighted by Gasteiger charge is 2.33. The van der Waals surface area contributed by atoms with Crippen molar-refractivity contribution in [1.82, 2.24) is 0 Å². The van der Waals surface area contributed by atoms with Gasteiger partial charge in [0.15, 0.2) is 6.10 Å². The Labute approximate surface area is 162 Å². The topological polar surface area (TPSA) is 55.8 Å². The molecule has 2 aromatic carbocycles. The van der Waals surface area contributed by atoms with E-state index in [0.29, 0.717) is 18.0 Å². The highest BCUT2D eigenvalue weighted by Crippen LogP contribution is 2.31. The third-order valence-corrected chi connectivity index (χ3v) is 5.29. The lowest BCUT2D eigenvalue weighted by Crippen LogP contribution is -2.41.